The van der Waals surface area contributed by atoms with Crippen LogP contribution in [0.2, 0.25) is 0 Å². The van der Waals surface area contributed by atoms with Crippen LogP contribution in [0.3, 0.4) is 0 Å². The monoisotopic (exact) mass is 276 g/mol. The molecule has 0 amide bonds. The fourth-order valence-electron chi connectivity index (χ4n) is 2.83. The van der Waals surface area contributed by atoms with E-state index in [1.807, 2.05) is 12.1 Å². The lowest BCUT2D eigenvalue weighted by molar-refractivity contribution is 0.207. The Hall–Kier alpha value is -1.22. The molecule has 1 unspecified atom stereocenters. The predicted molar refractivity (Wildman–Crippen MR) is 85.5 cm³/mol. The molecule has 20 heavy (non-hydrogen) atoms. The average molecular weight is 276 g/mol. The van der Waals surface area contributed by atoms with Gasteiger partial charge in [0.15, 0.2) is 0 Å². The van der Waals surface area contributed by atoms with Gasteiger partial charge in [-0.2, -0.15) is 0 Å². The van der Waals surface area contributed by atoms with Crippen LogP contribution in [-0.2, 0) is 0 Å². The molecule has 0 aliphatic carbocycles. The second-order valence-corrected chi connectivity index (χ2v) is 6.24. The summed E-state index contributed by atoms with van der Waals surface area (Å²) in [5, 5.41) is 3.66. The summed E-state index contributed by atoms with van der Waals surface area (Å²) in [6, 6.07) is 8.74. The van der Waals surface area contributed by atoms with E-state index >= 15 is 0 Å². The Labute approximate surface area is 123 Å². The zero-order valence-corrected chi connectivity index (χ0v) is 13.2. The van der Waals surface area contributed by atoms with Gasteiger partial charge >= 0.3 is 0 Å². The van der Waals surface area contributed by atoms with Crippen LogP contribution >= 0.6 is 0 Å². The molecule has 2 rings (SSSR count). The topological polar surface area (TPSA) is 24.5 Å². The van der Waals surface area contributed by atoms with Gasteiger partial charge in [-0.15, -0.1) is 0 Å². The summed E-state index contributed by atoms with van der Waals surface area (Å²) in [7, 11) is 2.21. The molecular weight excluding hydrogens is 248 g/mol. The largest absolute Gasteiger partial charge is 0.489 e. The summed E-state index contributed by atoms with van der Waals surface area (Å²) >= 11 is 0. The molecule has 1 heterocycles. The minimum absolute atomic E-state index is 0.205. The van der Waals surface area contributed by atoms with Crippen molar-refractivity contribution in [3.63, 3.8) is 0 Å². The number of piperidine rings is 1. The number of rotatable bonds is 5. The van der Waals surface area contributed by atoms with Crippen LogP contribution in [0, 0.1) is 5.92 Å². The highest BCUT2D eigenvalue weighted by Crippen LogP contribution is 2.28. The molecule has 1 aliphatic rings. The van der Waals surface area contributed by atoms with Gasteiger partial charge in [0.2, 0.25) is 0 Å². The summed E-state index contributed by atoms with van der Waals surface area (Å²) in [5.74, 6) is 1.71. The van der Waals surface area contributed by atoms with Gasteiger partial charge in [0, 0.05) is 6.04 Å². The first kappa shape index (κ1) is 15.2. The van der Waals surface area contributed by atoms with E-state index in [9.17, 15) is 0 Å². The summed E-state index contributed by atoms with van der Waals surface area (Å²) in [4.78, 5) is 2.42. The number of nitrogens with one attached hydrogen (secondary N) is 1. The van der Waals surface area contributed by atoms with Gasteiger partial charge in [0.05, 0.1) is 11.8 Å². The summed E-state index contributed by atoms with van der Waals surface area (Å²) in [6.45, 7) is 8.85. The highest BCUT2D eigenvalue weighted by molar-refractivity contribution is 5.56. The Morgan fingerprint density at radius 3 is 2.45 bits per heavy atom. The van der Waals surface area contributed by atoms with Crippen LogP contribution in [0.15, 0.2) is 24.3 Å². The maximum atomic E-state index is 5.88. The van der Waals surface area contributed by atoms with Gasteiger partial charge in [-0.1, -0.05) is 12.1 Å². The molecule has 1 atom stereocenters. The Balaban J connectivity index is 1.98. The van der Waals surface area contributed by atoms with E-state index in [1.54, 1.807) is 0 Å². The maximum absolute atomic E-state index is 5.88. The quantitative estimate of drug-likeness (QED) is 0.889. The molecule has 1 aromatic carbocycles. The first-order chi connectivity index (χ1) is 9.56. The van der Waals surface area contributed by atoms with Crippen LogP contribution in [0.25, 0.3) is 0 Å². The molecule has 112 valence electrons. The first-order valence-corrected chi connectivity index (χ1v) is 7.77. The molecule has 3 heteroatoms. The molecule has 3 nitrogen and oxygen atoms in total. The molecular formula is C17H28N2O. The van der Waals surface area contributed by atoms with Crippen molar-refractivity contribution in [3.05, 3.63) is 24.3 Å². The summed E-state index contributed by atoms with van der Waals surface area (Å²) in [6.07, 6.45) is 2.76. The van der Waals surface area contributed by atoms with Gasteiger partial charge in [-0.3, -0.25) is 0 Å². The Bertz CT molecular complexity index is 411. The van der Waals surface area contributed by atoms with E-state index in [1.165, 1.54) is 25.9 Å². The van der Waals surface area contributed by atoms with Crippen LogP contribution in [-0.4, -0.2) is 37.2 Å². The van der Waals surface area contributed by atoms with Crippen LogP contribution in [0.5, 0.6) is 5.75 Å². The van der Waals surface area contributed by atoms with Gasteiger partial charge in [-0.25, -0.2) is 0 Å². The number of likely N-dealkylation sites (tertiary alicyclic amines) is 1. The van der Waals surface area contributed by atoms with Gasteiger partial charge in [0.1, 0.15) is 5.75 Å². The first-order valence-electron chi connectivity index (χ1n) is 7.77. The van der Waals surface area contributed by atoms with Crippen molar-refractivity contribution in [1.82, 2.24) is 4.90 Å². The molecule has 0 aromatic heterocycles. The van der Waals surface area contributed by atoms with Crippen LogP contribution in [0.4, 0.5) is 5.69 Å². The number of nitrogens with zero attached hydrogens (tertiary/aromatic N) is 1. The van der Waals surface area contributed by atoms with Crippen molar-refractivity contribution < 1.29 is 4.74 Å². The minimum atomic E-state index is 0.205. The third-order valence-electron chi connectivity index (χ3n) is 4.10. The van der Waals surface area contributed by atoms with Gasteiger partial charge in [-0.05, 0) is 71.8 Å². The zero-order chi connectivity index (χ0) is 14.5. The molecule has 0 spiro atoms. The standard InChI is InChI=1S/C17H28N2O/c1-13(2)20-17-8-6-5-7-16(17)18-14(3)15-9-11-19(4)12-10-15/h5-8,13-15,18H,9-12H2,1-4H3. The van der Waals surface area contributed by atoms with Crippen molar-refractivity contribution in [1.29, 1.82) is 0 Å². The fraction of sp³-hybridized carbons (Fsp3) is 0.647. The number of para-hydroxylation sites is 2. The lowest BCUT2D eigenvalue weighted by atomic mass is 9.90. The Kier molecular flexibility index (Phi) is 5.30. The fourth-order valence-corrected chi connectivity index (χ4v) is 2.83. The second kappa shape index (κ2) is 6.98. The molecule has 0 saturated carbocycles. The second-order valence-electron chi connectivity index (χ2n) is 6.24. The normalized spacial score (nSPS) is 19.1. The predicted octanol–water partition coefficient (Wildman–Crippen LogP) is 3.62. The zero-order valence-electron chi connectivity index (χ0n) is 13.2. The molecule has 1 N–H and O–H groups in total. The van der Waals surface area contributed by atoms with Crippen molar-refractivity contribution >= 4 is 5.69 Å². The van der Waals surface area contributed by atoms with E-state index in [0.717, 1.165) is 17.4 Å². The van der Waals surface area contributed by atoms with Crippen molar-refractivity contribution in [3.8, 4) is 5.75 Å². The molecule has 0 bridgehead atoms. The number of hydrogen-bond donors (Lipinski definition) is 1. The number of anilines is 1. The van der Waals surface area contributed by atoms with E-state index in [0.29, 0.717) is 6.04 Å². The summed E-state index contributed by atoms with van der Waals surface area (Å²) < 4.78 is 5.88. The Morgan fingerprint density at radius 1 is 1.15 bits per heavy atom. The van der Waals surface area contributed by atoms with Crippen LogP contribution < -0.4 is 10.1 Å². The van der Waals surface area contributed by atoms with Crippen molar-refractivity contribution in [2.75, 3.05) is 25.5 Å². The Morgan fingerprint density at radius 2 is 1.80 bits per heavy atom. The highest BCUT2D eigenvalue weighted by atomic mass is 16.5. The van der Waals surface area contributed by atoms with Crippen LogP contribution in [0.1, 0.15) is 33.6 Å². The maximum Gasteiger partial charge on any atom is 0.142 e. The third-order valence-corrected chi connectivity index (χ3v) is 4.10. The molecule has 0 radical (unpaired) electrons. The van der Waals surface area contributed by atoms with Crippen molar-refractivity contribution in [2.45, 2.75) is 45.8 Å². The highest BCUT2D eigenvalue weighted by Gasteiger charge is 2.22. The molecule has 1 saturated heterocycles. The molecule has 1 aromatic rings. The number of hydrogen-bond acceptors (Lipinski definition) is 3. The summed E-state index contributed by atoms with van der Waals surface area (Å²) in [5.41, 5.74) is 1.12. The third kappa shape index (κ3) is 4.14. The average Bonchev–Trinajstić information content (AvgIpc) is 2.41. The SMILES string of the molecule is CC(C)Oc1ccccc1NC(C)C1CCN(C)CC1. The van der Waals surface area contributed by atoms with E-state index in [-0.39, 0.29) is 6.10 Å². The van der Waals surface area contributed by atoms with E-state index in [2.05, 4.69) is 50.2 Å². The lowest BCUT2D eigenvalue weighted by Gasteiger charge is -2.33. The number of ether oxygens (including phenoxy) is 1. The molecule has 1 aliphatic heterocycles. The van der Waals surface area contributed by atoms with Crippen molar-refractivity contribution in [2.24, 2.45) is 5.92 Å². The van der Waals surface area contributed by atoms with Gasteiger partial charge < -0.3 is 15.0 Å². The lowest BCUT2D eigenvalue weighted by Crippen LogP contribution is -2.37. The molecule has 1 fully saturated rings. The smallest absolute Gasteiger partial charge is 0.142 e. The van der Waals surface area contributed by atoms with Gasteiger partial charge in [0.25, 0.3) is 0 Å². The number of benzene rings is 1. The van der Waals surface area contributed by atoms with E-state index < -0.39 is 0 Å². The minimum Gasteiger partial charge on any atom is -0.489 e. The van der Waals surface area contributed by atoms with E-state index in [4.69, 9.17) is 4.74 Å².